The summed E-state index contributed by atoms with van der Waals surface area (Å²) in [5, 5.41) is 12.5. The van der Waals surface area contributed by atoms with Crippen LogP contribution in [0, 0.1) is 5.92 Å². The molecule has 36 heavy (non-hydrogen) atoms. The third kappa shape index (κ3) is 5.95. The van der Waals surface area contributed by atoms with Crippen molar-refractivity contribution < 1.29 is 14.4 Å². The molecule has 1 fully saturated rings. The first-order chi connectivity index (χ1) is 17.4. The van der Waals surface area contributed by atoms with Crippen LogP contribution in [0.25, 0.3) is 0 Å². The Morgan fingerprint density at radius 2 is 1.72 bits per heavy atom. The highest BCUT2D eigenvalue weighted by molar-refractivity contribution is 6.40. The number of carbonyl (C=O) groups is 3. The van der Waals surface area contributed by atoms with E-state index in [9.17, 15) is 14.4 Å². The molecule has 0 aliphatic carbocycles. The molecule has 2 amide bonds. The van der Waals surface area contributed by atoms with Crippen LogP contribution >= 0.6 is 23.2 Å². The van der Waals surface area contributed by atoms with Crippen LogP contribution < -0.4 is 15.5 Å². The largest absolute Gasteiger partial charge is 0.372 e. The molecule has 0 unspecified atom stereocenters. The summed E-state index contributed by atoms with van der Waals surface area (Å²) in [4.78, 5) is 39.4. The molecule has 2 aromatic carbocycles. The number of halogens is 2. The van der Waals surface area contributed by atoms with Crippen molar-refractivity contribution in [3.05, 3.63) is 82.6 Å². The number of H-pyrrole nitrogens is 1. The van der Waals surface area contributed by atoms with Crippen LogP contribution in [0.15, 0.2) is 61.3 Å². The number of hydrogen-bond acceptors (Lipinski definition) is 5. The van der Waals surface area contributed by atoms with E-state index in [1.54, 1.807) is 18.2 Å². The van der Waals surface area contributed by atoms with Gasteiger partial charge in [0, 0.05) is 30.9 Å². The van der Waals surface area contributed by atoms with Crippen LogP contribution in [0.1, 0.15) is 40.1 Å². The van der Waals surface area contributed by atoms with Crippen molar-refractivity contribution in [1.29, 1.82) is 0 Å². The average Bonchev–Trinajstić information content (AvgIpc) is 3.33. The minimum Gasteiger partial charge on any atom is -0.372 e. The third-order valence-electron chi connectivity index (χ3n) is 6.13. The molecule has 0 radical (unpaired) electrons. The summed E-state index contributed by atoms with van der Waals surface area (Å²) in [5.41, 5.74) is 2.47. The van der Waals surface area contributed by atoms with Gasteiger partial charge in [-0.3, -0.25) is 19.5 Å². The molecule has 2 heterocycles. The van der Waals surface area contributed by atoms with Crippen LogP contribution in [-0.4, -0.2) is 40.9 Å². The number of ketones is 1. The van der Waals surface area contributed by atoms with E-state index >= 15 is 0 Å². The van der Waals surface area contributed by atoms with Crippen molar-refractivity contribution >= 4 is 57.9 Å². The molecule has 0 atom stereocenters. The molecule has 8 nitrogen and oxygen atoms in total. The van der Waals surface area contributed by atoms with Gasteiger partial charge in [-0.15, -0.1) is 0 Å². The predicted octanol–water partition coefficient (Wildman–Crippen LogP) is 5.58. The van der Waals surface area contributed by atoms with E-state index in [1.165, 1.54) is 12.3 Å². The molecule has 4 rings (SSSR count). The van der Waals surface area contributed by atoms with Crippen molar-refractivity contribution in [3.63, 3.8) is 0 Å². The van der Waals surface area contributed by atoms with Gasteiger partial charge in [-0.1, -0.05) is 35.8 Å². The summed E-state index contributed by atoms with van der Waals surface area (Å²) < 4.78 is 0. The Balaban J connectivity index is 1.32. The van der Waals surface area contributed by atoms with E-state index < -0.39 is 5.91 Å². The second-order valence-corrected chi connectivity index (χ2v) is 9.32. The van der Waals surface area contributed by atoms with Gasteiger partial charge in [-0.2, -0.15) is 5.10 Å². The fourth-order valence-electron chi connectivity index (χ4n) is 4.20. The Kier molecular flexibility index (Phi) is 8.07. The zero-order chi connectivity index (χ0) is 25.7. The zero-order valence-electron chi connectivity index (χ0n) is 19.4. The van der Waals surface area contributed by atoms with E-state index in [2.05, 4.69) is 32.3 Å². The highest BCUT2D eigenvalue weighted by Crippen LogP contribution is 2.29. The lowest BCUT2D eigenvalue weighted by Crippen LogP contribution is -2.34. The smallest absolute Gasteiger partial charge is 0.258 e. The second kappa shape index (κ2) is 11.4. The first kappa shape index (κ1) is 25.5. The lowest BCUT2D eigenvalue weighted by Gasteiger charge is -2.33. The van der Waals surface area contributed by atoms with Crippen molar-refractivity contribution in [1.82, 2.24) is 10.2 Å². The number of Topliss-reactive ketones (excluding diaryl/α,β-unsaturated/α-hetero) is 1. The van der Waals surface area contributed by atoms with Crippen LogP contribution in [0.2, 0.25) is 10.0 Å². The van der Waals surface area contributed by atoms with Crippen LogP contribution in [-0.2, 0) is 4.79 Å². The van der Waals surface area contributed by atoms with E-state index in [1.807, 2.05) is 24.3 Å². The number of rotatable bonds is 8. The standard InChI is InChI=1S/C26H25Cl2N5O3/c1-2-23(35)30-17-6-8-18(9-7-17)33-12-10-16(11-13-33)14-22(34)25-21(15-29-32-25)31-26(36)24-19(27)4-3-5-20(24)28/h2-9,15-16H,1,10-14H2,(H,29,32)(H,30,35)(H,31,36). The number of nitrogens with zero attached hydrogens (tertiary/aromatic N) is 2. The normalized spacial score (nSPS) is 13.8. The Hall–Kier alpha value is -3.62. The van der Waals surface area contributed by atoms with E-state index in [-0.39, 0.29) is 38.9 Å². The van der Waals surface area contributed by atoms with Gasteiger partial charge < -0.3 is 15.5 Å². The highest BCUT2D eigenvalue weighted by atomic mass is 35.5. The molecule has 0 spiro atoms. The number of amides is 2. The molecule has 0 bridgehead atoms. The second-order valence-electron chi connectivity index (χ2n) is 8.51. The van der Waals surface area contributed by atoms with Crippen LogP contribution in [0.3, 0.4) is 0 Å². The molecule has 1 aliphatic heterocycles. The van der Waals surface area contributed by atoms with Crippen molar-refractivity contribution in [2.24, 2.45) is 5.92 Å². The molecule has 1 saturated heterocycles. The number of piperidine rings is 1. The van der Waals surface area contributed by atoms with Crippen LogP contribution in [0.5, 0.6) is 0 Å². The topological polar surface area (TPSA) is 107 Å². The predicted molar refractivity (Wildman–Crippen MR) is 142 cm³/mol. The number of hydrogen-bond donors (Lipinski definition) is 3. The van der Waals surface area contributed by atoms with Crippen molar-refractivity contribution in [3.8, 4) is 0 Å². The minimum atomic E-state index is -0.510. The third-order valence-corrected chi connectivity index (χ3v) is 6.76. The van der Waals surface area contributed by atoms with Crippen molar-refractivity contribution in [2.75, 3.05) is 28.6 Å². The minimum absolute atomic E-state index is 0.117. The number of aromatic nitrogens is 2. The van der Waals surface area contributed by atoms with Gasteiger partial charge >= 0.3 is 0 Å². The van der Waals surface area contributed by atoms with Gasteiger partial charge in [0.2, 0.25) is 5.91 Å². The molecule has 1 aromatic heterocycles. The van der Waals surface area contributed by atoms with Crippen LogP contribution in [0.4, 0.5) is 17.1 Å². The molecular weight excluding hydrogens is 501 g/mol. The Morgan fingerprint density at radius 3 is 2.36 bits per heavy atom. The summed E-state index contributed by atoms with van der Waals surface area (Å²) in [5.74, 6) is -0.663. The molecule has 0 saturated carbocycles. The van der Waals surface area contributed by atoms with Gasteiger partial charge in [-0.05, 0) is 61.2 Å². The Bertz CT molecular complexity index is 1260. The zero-order valence-corrected chi connectivity index (χ0v) is 20.9. The number of aromatic amines is 1. The lowest BCUT2D eigenvalue weighted by molar-refractivity contribution is -0.111. The first-order valence-electron chi connectivity index (χ1n) is 11.5. The summed E-state index contributed by atoms with van der Waals surface area (Å²) in [6.07, 6.45) is 4.68. The first-order valence-corrected chi connectivity index (χ1v) is 12.2. The quantitative estimate of drug-likeness (QED) is 0.262. The van der Waals surface area contributed by atoms with Gasteiger partial charge in [0.15, 0.2) is 5.78 Å². The number of benzene rings is 2. The number of nitrogens with one attached hydrogen (secondary N) is 3. The lowest BCUT2D eigenvalue weighted by atomic mass is 9.90. The molecule has 3 aromatic rings. The number of carbonyl (C=O) groups excluding carboxylic acids is 3. The SMILES string of the molecule is C=CC(=O)Nc1ccc(N2CCC(CC(=O)c3[nH]ncc3NC(=O)c3c(Cl)cccc3Cl)CC2)cc1. The molecule has 10 heteroatoms. The maximum absolute atomic E-state index is 13.0. The van der Waals surface area contributed by atoms with Crippen molar-refractivity contribution in [2.45, 2.75) is 19.3 Å². The summed E-state index contributed by atoms with van der Waals surface area (Å²) in [6.45, 7) is 5.08. The van der Waals surface area contributed by atoms with E-state index in [4.69, 9.17) is 23.2 Å². The molecule has 186 valence electrons. The fourth-order valence-corrected chi connectivity index (χ4v) is 4.77. The summed E-state index contributed by atoms with van der Waals surface area (Å²) in [6, 6.07) is 12.4. The van der Waals surface area contributed by atoms with Gasteiger partial charge in [0.05, 0.1) is 27.5 Å². The Labute approximate surface area is 218 Å². The highest BCUT2D eigenvalue weighted by Gasteiger charge is 2.25. The van der Waals surface area contributed by atoms with E-state index in [0.29, 0.717) is 17.8 Å². The average molecular weight is 526 g/mol. The number of anilines is 3. The maximum atomic E-state index is 13.0. The fraction of sp³-hybridized carbons (Fsp3) is 0.231. The van der Waals surface area contributed by atoms with Gasteiger partial charge in [0.1, 0.15) is 5.69 Å². The molecule has 1 aliphatic rings. The van der Waals surface area contributed by atoms with Gasteiger partial charge in [0.25, 0.3) is 5.91 Å². The maximum Gasteiger partial charge on any atom is 0.258 e. The Morgan fingerprint density at radius 1 is 1.06 bits per heavy atom. The summed E-state index contributed by atoms with van der Waals surface area (Å²) in [7, 11) is 0. The van der Waals surface area contributed by atoms with Gasteiger partial charge in [-0.25, -0.2) is 0 Å². The molecular formula is C26H25Cl2N5O3. The summed E-state index contributed by atoms with van der Waals surface area (Å²) >= 11 is 12.3. The monoisotopic (exact) mass is 525 g/mol. The van der Waals surface area contributed by atoms with E-state index in [0.717, 1.165) is 31.6 Å². The molecule has 3 N–H and O–H groups in total.